The predicted octanol–water partition coefficient (Wildman–Crippen LogP) is 2.31. The van der Waals surface area contributed by atoms with Crippen LogP contribution in [-0.4, -0.2) is 6.29 Å². The molecule has 1 aromatic carbocycles. The van der Waals surface area contributed by atoms with Crippen molar-refractivity contribution < 1.29 is 4.79 Å². The Labute approximate surface area is 72.4 Å². The fourth-order valence-electron chi connectivity index (χ4n) is 1.93. The van der Waals surface area contributed by atoms with Crippen LogP contribution in [0, 0.1) is 0 Å². The summed E-state index contributed by atoms with van der Waals surface area (Å²) < 4.78 is 0. The van der Waals surface area contributed by atoms with Crippen molar-refractivity contribution in [3.63, 3.8) is 0 Å². The van der Waals surface area contributed by atoms with Gasteiger partial charge in [0.15, 0.2) is 0 Å². The van der Waals surface area contributed by atoms with E-state index in [4.69, 9.17) is 0 Å². The van der Waals surface area contributed by atoms with Crippen LogP contribution in [0.2, 0.25) is 0 Å². The second-order valence-corrected chi connectivity index (χ2v) is 3.33. The van der Waals surface area contributed by atoms with Gasteiger partial charge in [0.05, 0.1) is 0 Å². The minimum atomic E-state index is 0.162. The Hall–Kier alpha value is -1.11. The van der Waals surface area contributed by atoms with Crippen LogP contribution >= 0.6 is 0 Å². The molecule has 0 N–H and O–H groups in total. The van der Waals surface area contributed by atoms with Gasteiger partial charge in [-0.3, -0.25) is 0 Å². The molecule has 2 rings (SSSR count). The average molecular weight is 160 g/mol. The summed E-state index contributed by atoms with van der Waals surface area (Å²) in [5.74, 6) is 0.162. The number of carbonyl (C=O) groups excluding carboxylic acids is 1. The molecule has 1 nitrogen and oxygen atoms in total. The Bertz CT molecular complexity index is 291. The van der Waals surface area contributed by atoms with Gasteiger partial charge >= 0.3 is 0 Å². The zero-order valence-corrected chi connectivity index (χ0v) is 6.99. The average Bonchev–Trinajstić information content (AvgIpc) is 2.17. The molecule has 1 aromatic rings. The van der Waals surface area contributed by atoms with Crippen LogP contribution in [0.25, 0.3) is 0 Å². The third-order valence-corrected chi connectivity index (χ3v) is 2.58. The van der Waals surface area contributed by atoms with Crippen molar-refractivity contribution in [2.45, 2.75) is 25.2 Å². The van der Waals surface area contributed by atoms with Crippen molar-refractivity contribution in [2.24, 2.45) is 0 Å². The third kappa shape index (κ3) is 1.15. The van der Waals surface area contributed by atoms with Gasteiger partial charge in [-0.2, -0.15) is 0 Å². The lowest BCUT2D eigenvalue weighted by molar-refractivity contribution is -0.109. The van der Waals surface area contributed by atoms with E-state index in [2.05, 4.69) is 12.1 Å². The quantitative estimate of drug-likeness (QED) is 0.576. The second-order valence-electron chi connectivity index (χ2n) is 3.33. The van der Waals surface area contributed by atoms with E-state index in [-0.39, 0.29) is 5.92 Å². The molecule has 62 valence electrons. The highest BCUT2D eigenvalue weighted by atomic mass is 16.1. The van der Waals surface area contributed by atoms with Gasteiger partial charge in [-0.05, 0) is 30.4 Å². The summed E-state index contributed by atoms with van der Waals surface area (Å²) in [6.45, 7) is 0. The van der Waals surface area contributed by atoms with E-state index < -0.39 is 0 Å². The van der Waals surface area contributed by atoms with Crippen LogP contribution in [0.1, 0.15) is 29.9 Å². The Morgan fingerprint density at radius 2 is 2.17 bits per heavy atom. The van der Waals surface area contributed by atoms with Crippen molar-refractivity contribution in [1.82, 2.24) is 0 Å². The SMILES string of the molecule is O=C[C@@H]1CCCc2ccccc21. The summed E-state index contributed by atoms with van der Waals surface area (Å²) in [5, 5.41) is 0. The lowest BCUT2D eigenvalue weighted by Crippen LogP contribution is -2.10. The highest BCUT2D eigenvalue weighted by molar-refractivity contribution is 5.63. The van der Waals surface area contributed by atoms with Gasteiger partial charge in [-0.15, -0.1) is 0 Å². The molecule has 0 saturated carbocycles. The Morgan fingerprint density at radius 3 is 3.00 bits per heavy atom. The summed E-state index contributed by atoms with van der Waals surface area (Å²) in [7, 11) is 0. The largest absolute Gasteiger partial charge is 0.303 e. The van der Waals surface area contributed by atoms with Gasteiger partial charge in [0.2, 0.25) is 0 Å². The van der Waals surface area contributed by atoms with E-state index in [0.717, 1.165) is 25.5 Å². The van der Waals surface area contributed by atoms with E-state index >= 15 is 0 Å². The molecule has 0 aliphatic heterocycles. The standard InChI is InChI=1S/C11H12O/c12-8-10-6-3-5-9-4-1-2-7-11(9)10/h1-2,4,7-8,10H,3,5-6H2/t10-/m0/s1. The van der Waals surface area contributed by atoms with E-state index in [0.29, 0.717) is 0 Å². The summed E-state index contributed by atoms with van der Waals surface area (Å²) in [5.41, 5.74) is 2.61. The van der Waals surface area contributed by atoms with Crippen LogP contribution < -0.4 is 0 Å². The zero-order chi connectivity index (χ0) is 8.39. The van der Waals surface area contributed by atoms with Gasteiger partial charge < -0.3 is 4.79 Å². The first-order valence-electron chi connectivity index (χ1n) is 4.45. The number of aryl methyl sites for hydroxylation is 1. The molecule has 1 aliphatic carbocycles. The van der Waals surface area contributed by atoms with Gasteiger partial charge in [-0.1, -0.05) is 24.3 Å². The fraction of sp³-hybridized carbons (Fsp3) is 0.364. The van der Waals surface area contributed by atoms with E-state index in [1.165, 1.54) is 11.1 Å². The first kappa shape index (κ1) is 7.53. The van der Waals surface area contributed by atoms with Crippen molar-refractivity contribution >= 4 is 6.29 Å². The lowest BCUT2D eigenvalue weighted by atomic mass is 9.84. The van der Waals surface area contributed by atoms with Gasteiger partial charge in [-0.25, -0.2) is 0 Å². The Morgan fingerprint density at radius 1 is 1.33 bits per heavy atom. The molecule has 0 fully saturated rings. The number of benzene rings is 1. The molecule has 1 heteroatoms. The summed E-state index contributed by atoms with van der Waals surface area (Å²) >= 11 is 0. The molecule has 0 unspecified atom stereocenters. The smallest absolute Gasteiger partial charge is 0.127 e. The molecule has 0 radical (unpaired) electrons. The fourth-order valence-corrected chi connectivity index (χ4v) is 1.93. The van der Waals surface area contributed by atoms with Crippen LogP contribution in [-0.2, 0) is 11.2 Å². The molecule has 12 heavy (non-hydrogen) atoms. The molecule has 1 aliphatic rings. The first-order valence-corrected chi connectivity index (χ1v) is 4.45. The van der Waals surface area contributed by atoms with Crippen molar-refractivity contribution in [3.8, 4) is 0 Å². The van der Waals surface area contributed by atoms with Crippen LogP contribution in [0.5, 0.6) is 0 Å². The highest BCUT2D eigenvalue weighted by Crippen LogP contribution is 2.29. The maximum Gasteiger partial charge on any atom is 0.127 e. The Balaban J connectivity index is 2.43. The summed E-state index contributed by atoms with van der Waals surface area (Å²) in [4.78, 5) is 10.7. The molecular formula is C11H12O. The first-order chi connectivity index (χ1) is 5.92. The monoisotopic (exact) mass is 160 g/mol. The molecular weight excluding hydrogens is 148 g/mol. The zero-order valence-electron chi connectivity index (χ0n) is 6.99. The second kappa shape index (κ2) is 3.10. The third-order valence-electron chi connectivity index (χ3n) is 2.58. The number of hydrogen-bond acceptors (Lipinski definition) is 1. The minimum absolute atomic E-state index is 0.162. The van der Waals surface area contributed by atoms with Gasteiger partial charge in [0.25, 0.3) is 0 Å². The van der Waals surface area contributed by atoms with Gasteiger partial charge in [0, 0.05) is 5.92 Å². The molecule has 0 bridgehead atoms. The normalized spacial score (nSPS) is 21.5. The number of hydrogen-bond donors (Lipinski definition) is 0. The van der Waals surface area contributed by atoms with E-state index in [1.54, 1.807) is 0 Å². The highest BCUT2D eigenvalue weighted by Gasteiger charge is 2.18. The molecule has 0 spiro atoms. The Kier molecular flexibility index (Phi) is 1.94. The topological polar surface area (TPSA) is 17.1 Å². The number of carbonyl (C=O) groups is 1. The maximum absolute atomic E-state index is 10.7. The van der Waals surface area contributed by atoms with Crippen LogP contribution in [0.15, 0.2) is 24.3 Å². The molecule has 1 atom stereocenters. The number of aldehydes is 1. The lowest BCUT2D eigenvalue weighted by Gasteiger charge is -2.20. The van der Waals surface area contributed by atoms with E-state index in [9.17, 15) is 4.79 Å². The molecule has 0 saturated heterocycles. The van der Waals surface area contributed by atoms with Crippen molar-refractivity contribution in [3.05, 3.63) is 35.4 Å². The number of fused-ring (bicyclic) bond motifs is 1. The molecule has 0 amide bonds. The van der Waals surface area contributed by atoms with Crippen molar-refractivity contribution in [2.75, 3.05) is 0 Å². The maximum atomic E-state index is 10.7. The summed E-state index contributed by atoms with van der Waals surface area (Å²) in [6, 6.07) is 8.27. The summed E-state index contributed by atoms with van der Waals surface area (Å²) in [6.07, 6.45) is 4.40. The van der Waals surface area contributed by atoms with Crippen molar-refractivity contribution in [1.29, 1.82) is 0 Å². The molecule has 0 heterocycles. The molecule has 0 aromatic heterocycles. The van der Waals surface area contributed by atoms with Crippen LogP contribution in [0.3, 0.4) is 0 Å². The number of rotatable bonds is 1. The van der Waals surface area contributed by atoms with Gasteiger partial charge in [0.1, 0.15) is 6.29 Å². The minimum Gasteiger partial charge on any atom is -0.303 e. The van der Waals surface area contributed by atoms with E-state index in [1.807, 2.05) is 12.1 Å². The predicted molar refractivity (Wildman–Crippen MR) is 48.2 cm³/mol. The van der Waals surface area contributed by atoms with Crippen LogP contribution in [0.4, 0.5) is 0 Å².